The summed E-state index contributed by atoms with van der Waals surface area (Å²) >= 11 is 0. The van der Waals surface area contributed by atoms with E-state index in [4.69, 9.17) is 9.47 Å². The number of ether oxygens (including phenoxy) is 2. The van der Waals surface area contributed by atoms with Crippen molar-refractivity contribution in [3.63, 3.8) is 0 Å². The van der Waals surface area contributed by atoms with Crippen LogP contribution in [0.2, 0.25) is 0 Å². The molecule has 8 nitrogen and oxygen atoms in total. The standard InChI is InChI=1S/C18H19N3O5/c1-12(18(22)20-13-5-4-6-14(9-13)21(23)24)19-10-15-11-25-16-7-2-3-8-17(16)26-15/h2-9,12,15,19H,10-11H2,1H3,(H,20,22). The number of hydrogen-bond acceptors (Lipinski definition) is 6. The van der Waals surface area contributed by atoms with E-state index >= 15 is 0 Å². The van der Waals surface area contributed by atoms with E-state index in [1.165, 1.54) is 18.2 Å². The molecule has 0 aromatic heterocycles. The molecule has 8 heteroatoms. The lowest BCUT2D eigenvalue weighted by molar-refractivity contribution is -0.384. The van der Waals surface area contributed by atoms with Gasteiger partial charge in [0.05, 0.1) is 11.0 Å². The Balaban J connectivity index is 1.50. The van der Waals surface area contributed by atoms with E-state index in [9.17, 15) is 14.9 Å². The SMILES string of the molecule is CC(NCC1COc2ccccc2O1)C(=O)Nc1cccc([N+](=O)[O-])c1. The first-order valence-electron chi connectivity index (χ1n) is 8.20. The zero-order chi connectivity index (χ0) is 18.5. The minimum Gasteiger partial charge on any atom is -0.486 e. The third-order valence-electron chi connectivity index (χ3n) is 3.94. The number of carbonyl (C=O) groups is 1. The number of nitrogens with one attached hydrogen (secondary N) is 2. The molecule has 0 aliphatic carbocycles. The number of para-hydroxylation sites is 2. The molecule has 0 fully saturated rings. The number of nitrogens with zero attached hydrogens (tertiary/aromatic N) is 1. The summed E-state index contributed by atoms with van der Waals surface area (Å²) < 4.78 is 11.5. The van der Waals surface area contributed by atoms with Crippen molar-refractivity contribution in [2.24, 2.45) is 0 Å². The van der Waals surface area contributed by atoms with E-state index in [0.717, 1.165) is 0 Å². The van der Waals surface area contributed by atoms with E-state index < -0.39 is 11.0 Å². The highest BCUT2D eigenvalue weighted by molar-refractivity contribution is 5.94. The zero-order valence-electron chi connectivity index (χ0n) is 14.2. The van der Waals surface area contributed by atoms with Gasteiger partial charge >= 0.3 is 0 Å². The lowest BCUT2D eigenvalue weighted by Gasteiger charge is -2.27. The van der Waals surface area contributed by atoms with E-state index in [-0.39, 0.29) is 17.7 Å². The molecule has 2 unspecified atom stereocenters. The maximum atomic E-state index is 12.2. The number of benzene rings is 2. The highest BCUT2D eigenvalue weighted by Crippen LogP contribution is 2.30. The van der Waals surface area contributed by atoms with Gasteiger partial charge in [-0.1, -0.05) is 18.2 Å². The van der Waals surface area contributed by atoms with Crippen LogP contribution in [-0.4, -0.2) is 36.1 Å². The number of carbonyl (C=O) groups excluding carboxylic acids is 1. The molecule has 2 atom stereocenters. The van der Waals surface area contributed by atoms with Gasteiger partial charge in [-0.3, -0.25) is 14.9 Å². The van der Waals surface area contributed by atoms with E-state index in [1.54, 1.807) is 13.0 Å². The third-order valence-corrected chi connectivity index (χ3v) is 3.94. The monoisotopic (exact) mass is 357 g/mol. The summed E-state index contributed by atoms with van der Waals surface area (Å²) in [6, 6.07) is 12.7. The van der Waals surface area contributed by atoms with Crippen LogP contribution in [0.4, 0.5) is 11.4 Å². The molecule has 0 bridgehead atoms. The van der Waals surface area contributed by atoms with Crippen molar-refractivity contribution in [1.82, 2.24) is 5.32 Å². The van der Waals surface area contributed by atoms with Crippen molar-refractivity contribution in [3.8, 4) is 11.5 Å². The van der Waals surface area contributed by atoms with Crippen LogP contribution in [0.15, 0.2) is 48.5 Å². The van der Waals surface area contributed by atoms with Crippen molar-refractivity contribution in [2.75, 3.05) is 18.5 Å². The Hall–Kier alpha value is -3.13. The van der Waals surface area contributed by atoms with Crippen molar-refractivity contribution in [3.05, 3.63) is 58.6 Å². The Morgan fingerprint density at radius 3 is 2.81 bits per heavy atom. The molecule has 2 aromatic rings. The molecular weight excluding hydrogens is 338 g/mol. The van der Waals surface area contributed by atoms with Crippen LogP contribution >= 0.6 is 0 Å². The van der Waals surface area contributed by atoms with Crippen LogP contribution in [0, 0.1) is 10.1 Å². The minimum absolute atomic E-state index is 0.0742. The van der Waals surface area contributed by atoms with Crippen LogP contribution in [0.3, 0.4) is 0 Å². The fourth-order valence-corrected chi connectivity index (χ4v) is 2.51. The summed E-state index contributed by atoms with van der Waals surface area (Å²) in [4.78, 5) is 22.5. The van der Waals surface area contributed by atoms with Gasteiger partial charge in [0.1, 0.15) is 12.7 Å². The number of hydrogen-bond donors (Lipinski definition) is 2. The molecule has 1 aliphatic heterocycles. The van der Waals surface area contributed by atoms with Gasteiger partial charge in [-0.15, -0.1) is 0 Å². The number of rotatable bonds is 6. The molecule has 0 saturated heterocycles. The molecule has 0 radical (unpaired) electrons. The van der Waals surface area contributed by atoms with Gasteiger partial charge in [0.25, 0.3) is 5.69 Å². The first-order valence-corrected chi connectivity index (χ1v) is 8.20. The summed E-state index contributed by atoms with van der Waals surface area (Å²) in [5.74, 6) is 1.10. The second-order valence-corrected chi connectivity index (χ2v) is 5.92. The highest BCUT2D eigenvalue weighted by Gasteiger charge is 2.22. The fraction of sp³-hybridized carbons (Fsp3) is 0.278. The number of fused-ring (bicyclic) bond motifs is 1. The van der Waals surface area contributed by atoms with Gasteiger partial charge < -0.3 is 20.1 Å². The van der Waals surface area contributed by atoms with E-state index in [2.05, 4.69) is 10.6 Å². The molecular formula is C18H19N3O5. The second-order valence-electron chi connectivity index (χ2n) is 5.92. The Labute approximate surface area is 150 Å². The first-order chi connectivity index (χ1) is 12.5. The smallest absolute Gasteiger partial charge is 0.271 e. The van der Waals surface area contributed by atoms with Crippen molar-refractivity contribution in [1.29, 1.82) is 0 Å². The number of amides is 1. The van der Waals surface area contributed by atoms with E-state index in [1.807, 2.05) is 24.3 Å². The van der Waals surface area contributed by atoms with Gasteiger partial charge in [-0.25, -0.2) is 0 Å². The molecule has 136 valence electrons. The molecule has 0 saturated carbocycles. The van der Waals surface area contributed by atoms with Crippen molar-refractivity contribution >= 4 is 17.3 Å². The number of nitro groups is 1. The summed E-state index contributed by atoms with van der Waals surface area (Å²) in [5, 5.41) is 16.5. The number of anilines is 1. The third kappa shape index (κ3) is 4.28. The minimum atomic E-state index is -0.505. The van der Waals surface area contributed by atoms with Crippen LogP contribution in [0.25, 0.3) is 0 Å². The lowest BCUT2D eigenvalue weighted by Crippen LogP contribution is -2.45. The van der Waals surface area contributed by atoms with Crippen LogP contribution in [-0.2, 0) is 4.79 Å². The Bertz CT molecular complexity index is 811. The predicted octanol–water partition coefficient (Wildman–Crippen LogP) is 2.35. The average Bonchev–Trinajstić information content (AvgIpc) is 2.66. The number of nitro benzene ring substituents is 1. The van der Waals surface area contributed by atoms with Crippen molar-refractivity contribution in [2.45, 2.75) is 19.1 Å². The first kappa shape index (κ1) is 17.7. The molecule has 3 rings (SSSR count). The van der Waals surface area contributed by atoms with Gasteiger partial charge in [0.2, 0.25) is 5.91 Å². The van der Waals surface area contributed by atoms with Crippen molar-refractivity contribution < 1.29 is 19.2 Å². The summed E-state index contributed by atoms with van der Waals surface area (Å²) in [6.07, 6.45) is -0.210. The Morgan fingerprint density at radius 2 is 2.04 bits per heavy atom. The lowest BCUT2D eigenvalue weighted by atomic mass is 10.2. The zero-order valence-corrected chi connectivity index (χ0v) is 14.2. The quantitative estimate of drug-likeness (QED) is 0.608. The van der Waals surface area contributed by atoms with Crippen LogP contribution in [0.5, 0.6) is 11.5 Å². The van der Waals surface area contributed by atoms with Gasteiger partial charge in [-0.05, 0) is 25.1 Å². The molecule has 26 heavy (non-hydrogen) atoms. The molecule has 1 aliphatic rings. The predicted molar refractivity (Wildman–Crippen MR) is 95.5 cm³/mol. The normalized spacial score (nSPS) is 16.6. The molecule has 2 aromatic carbocycles. The van der Waals surface area contributed by atoms with Gasteiger partial charge in [0, 0.05) is 24.4 Å². The Kier molecular flexibility index (Phi) is 5.33. The molecule has 1 amide bonds. The largest absolute Gasteiger partial charge is 0.486 e. The van der Waals surface area contributed by atoms with E-state index in [0.29, 0.717) is 30.3 Å². The number of non-ortho nitro benzene ring substituents is 1. The van der Waals surface area contributed by atoms with Crippen LogP contribution < -0.4 is 20.1 Å². The fourth-order valence-electron chi connectivity index (χ4n) is 2.51. The molecule has 1 heterocycles. The van der Waals surface area contributed by atoms with Crippen LogP contribution in [0.1, 0.15) is 6.92 Å². The van der Waals surface area contributed by atoms with Gasteiger partial charge in [0.15, 0.2) is 11.5 Å². The summed E-state index contributed by atoms with van der Waals surface area (Å²) in [6.45, 7) is 2.53. The second kappa shape index (κ2) is 7.83. The Morgan fingerprint density at radius 1 is 1.27 bits per heavy atom. The van der Waals surface area contributed by atoms with Gasteiger partial charge in [-0.2, -0.15) is 0 Å². The topological polar surface area (TPSA) is 103 Å². The molecule has 0 spiro atoms. The maximum absolute atomic E-state index is 12.2. The maximum Gasteiger partial charge on any atom is 0.271 e. The molecule has 2 N–H and O–H groups in total. The average molecular weight is 357 g/mol. The summed E-state index contributed by atoms with van der Waals surface area (Å²) in [5.41, 5.74) is 0.304. The summed E-state index contributed by atoms with van der Waals surface area (Å²) in [7, 11) is 0. The highest BCUT2D eigenvalue weighted by atomic mass is 16.6.